The lowest BCUT2D eigenvalue weighted by Gasteiger charge is -2.24. The Hall–Kier alpha value is -1.43. The molecule has 1 fully saturated rings. The van der Waals surface area contributed by atoms with Crippen molar-refractivity contribution in [3.8, 4) is 0 Å². The van der Waals surface area contributed by atoms with Crippen LogP contribution in [0.15, 0.2) is 30.3 Å². The van der Waals surface area contributed by atoms with E-state index >= 15 is 0 Å². The maximum Gasteiger partial charge on any atom is 0.250 e. The van der Waals surface area contributed by atoms with E-state index in [1.54, 1.807) is 0 Å². The number of ether oxygens (including phenoxy) is 1. The number of nitrogens with one attached hydrogen (secondary N) is 2. The molecule has 3 N–H and O–H groups in total. The number of aliphatic hydroxyl groups is 1. The molecule has 0 spiro atoms. The van der Waals surface area contributed by atoms with Crippen LogP contribution in [0.2, 0.25) is 0 Å². The van der Waals surface area contributed by atoms with Crippen LogP contribution in [0.4, 0.5) is 0 Å². The fraction of sp³-hybridized carbons (Fsp3) is 0.533. The van der Waals surface area contributed by atoms with E-state index in [2.05, 4.69) is 10.6 Å². The normalized spacial score (nSPS) is 20.4. The Morgan fingerprint density at radius 2 is 2.25 bits per heavy atom. The van der Waals surface area contributed by atoms with Gasteiger partial charge in [-0.3, -0.25) is 4.79 Å². The topological polar surface area (TPSA) is 70.6 Å². The fourth-order valence-electron chi connectivity index (χ4n) is 2.34. The van der Waals surface area contributed by atoms with E-state index in [0.717, 1.165) is 12.1 Å². The summed E-state index contributed by atoms with van der Waals surface area (Å²) >= 11 is 0. The summed E-state index contributed by atoms with van der Waals surface area (Å²) in [6, 6.07) is 9.93. The van der Waals surface area contributed by atoms with E-state index in [-0.39, 0.29) is 18.4 Å². The predicted molar refractivity (Wildman–Crippen MR) is 76.5 cm³/mol. The average Bonchev–Trinajstić information content (AvgIpc) is 2.53. The maximum absolute atomic E-state index is 12.0. The van der Waals surface area contributed by atoms with Crippen molar-refractivity contribution in [2.45, 2.75) is 18.4 Å². The monoisotopic (exact) mass is 278 g/mol. The summed E-state index contributed by atoms with van der Waals surface area (Å²) in [5, 5.41) is 15.2. The highest BCUT2D eigenvalue weighted by Crippen LogP contribution is 2.18. The molecule has 1 saturated heterocycles. The zero-order valence-corrected chi connectivity index (χ0v) is 11.5. The molecule has 2 rings (SSSR count). The second-order valence-electron chi connectivity index (χ2n) is 4.93. The third kappa shape index (κ3) is 4.30. The van der Waals surface area contributed by atoms with Crippen molar-refractivity contribution < 1.29 is 14.6 Å². The summed E-state index contributed by atoms with van der Waals surface area (Å²) in [7, 11) is 0. The Balaban J connectivity index is 1.87. The number of carbonyl (C=O) groups excluding carboxylic acids is 1. The molecule has 1 aliphatic rings. The molecular formula is C15H22N2O3. The van der Waals surface area contributed by atoms with Gasteiger partial charge >= 0.3 is 0 Å². The quantitative estimate of drug-likeness (QED) is 0.698. The molecular weight excluding hydrogens is 256 g/mol. The molecule has 1 aliphatic heterocycles. The average molecular weight is 278 g/mol. The lowest BCUT2D eigenvalue weighted by atomic mass is 9.96. The number of rotatable bonds is 6. The maximum atomic E-state index is 12.0. The fourth-order valence-corrected chi connectivity index (χ4v) is 2.34. The highest BCUT2D eigenvalue weighted by atomic mass is 16.5. The Morgan fingerprint density at radius 1 is 1.45 bits per heavy atom. The van der Waals surface area contributed by atoms with Gasteiger partial charge in [0, 0.05) is 32.2 Å². The minimum atomic E-state index is -0.408. The number of hydrogen-bond donors (Lipinski definition) is 3. The third-order valence-electron chi connectivity index (χ3n) is 3.49. The molecule has 110 valence electrons. The smallest absolute Gasteiger partial charge is 0.250 e. The van der Waals surface area contributed by atoms with Crippen molar-refractivity contribution in [2.24, 2.45) is 0 Å². The summed E-state index contributed by atoms with van der Waals surface area (Å²) in [5.74, 6) is 0.0396. The first-order valence-corrected chi connectivity index (χ1v) is 7.07. The second-order valence-corrected chi connectivity index (χ2v) is 4.93. The van der Waals surface area contributed by atoms with E-state index in [1.165, 1.54) is 0 Å². The molecule has 0 bridgehead atoms. The van der Waals surface area contributed by atoms with Crippen LogP contribution < -0.4 is 10.6 Å². The molecule has 2 atom stereocenters. The van der Waals surface area contributed by atoms with Crippen LogP contribution in [0, 0.1) is 0 Å². The largest absolute Gasteiger partial charge is 0.396 e. The van der Waals surface area contributed by atoms with Crippen molar-refractivity contribution in [3.05, 3.63) is 35.9 Å². The molecule has 2 unspecified atom stereocenters. The molecule has 0 aliphatic carbocycles. The molecule has 1 amide bonds. The van der Waals surface area contributed by atoms with Crippen molar-refractivity contribution in [1.29, 1.82) is 0 Å². The van der Waals surface area contributed by atoms with Gasteiger partial charge in [0.25, 0.3) is 0 Å². The van der Waals surface area contributed by atoms with Gasteiger partial charge in [-0.15, -0.1) is 0 Å². The van der Waals surface area contributed by atoms with Crippen molar-refractivity contribution >= 4 is 5.91 Å². The molecule has 5 nitrogen and oxygen atoms in total. The Kier molecular flexibility index (Phi) is 5.98. The van der Waals surface area contributed by atoms with E-state index in [9.17, 15) is 4.79 Å². The molecule has 1 aromatic carbocycles. The van der Waals surface area contributed by atoms with Crippen LogP contribution in [0.1, 0.15) is 17.9 Å². The lowest BCUT2D eigenvalue weighted by molar-refractivity contribution is -0.134. The number of aliphatic hydroxyl groups excluding tert-OH is 1. The standard InChI is InChI=1S/C15H22N2O3/c18-8-6-13(12-4-2-1-3-5-12)10-17-15(19)14-11-16-7-9-20-14/h1-5,13-14,16,18H,6-11H2,(H,17,19). The second kappa shape index (κ2) is 7.99. The van der Waals surface area contributed by atoms with Crippen LogP contribution in [-0.2, 0) is 9.53 Å². The van der Waals surface area contributed by atoms with Gasteiger partial charge in [0.1, 0.15) is 6.10 Å². The van der Waals surface area contributed by atoms with Crippen molar-refractivity contribution in [1.82, 2.24) is 10.6 Å². The summed E-state index contributed by atoms with van der Waals surface area (Å²) < 4.78 is 5.41. The number of amides is 1. The highest BCUT2D eigenvalue weighted by Gasteiger charge is 2.22. The van der Waals surface area contributed by atoms with Gasteiger partial charge in [-0.2, -0.15) is 0 Å². The van der Waals surface area contributed by atoms with Gasteiger partial charge in [0.2, 0.25) is 5.91 Å². The zero-order chi connectivity index (χ0) is 14.2. The van der Waals surface area contributed by atoms with Crippen molar-refractivity contribution in [3.63, 3.8) is 0 Å². The van der Waals surface area contributed by atoms with Gasteiger partial charge in [-0.1, -0.05) is 30.3 Å². The van der Waals surface area contributed by atoms with Crippen LogP contribution in [0.3, 0.4) is 0 Å². The van der Waals surface area contributed by atoms with Crippen LogP contribution in [-0.4, -0.2) is 50.0 Å². The van der Waals surface area contributed by atoms with Gasteiger partial charge in [-0.25, -0.2) is 0 Å². The third-order valence-corrected chi connectivity index (χ3v) is 3.49. The number of carbonyl (C=O) groups is 1. The predicted octanol–water partition coefficient (Wildman–Crippen LogP) is 0.257. The van der Waals surface area contributed by atoms with Crippen LogP contribution in [0.25, 0.3) is 0 Å². The molecule has 5 heteroatoms. The summed E-state index contributed by atoms with van der Waals surface area (Å²) in [6.45, 7) is 2.54. The number of benzene rings is 1. The van der Waals surface area contributed by atoms with E-state index < -0.39 is 6.10 Å². The molecule has 0 radical (unpaired) electrons. The summed E-state index contributed by atoms with van der Waals surface area (Å²) in [6.07, 6.45) is 0.225. The minimum Gasteiger partial charge on any atom is -0.396 e. The van der Waals surface area contributed by atoms with Gasteiger partial charge in [0.05, 0.1) is 6.61 Å². The summed E-state index contributed by atoms with van der Waals surface area (Å²) in [5.41, 5.74) is 1.13. The van der Waals surface area contributed by atoms with Crippen molar-refractivity contribution in [2.75, 3.05) is 32.8 Å². The minimum absolute atomic E-state index is 0.0870. The molecule has 1 aromatic rings. The van der Waals surface area contributed by atoms with Crippen LogP contribution in [0.5, 0.6) is 0 Å². The summed E-state index contributed by atoms with van der Waals surface area (Å²) in [4.78, 5) is 12.0. The van der Waals surface area contributed by atoms with E-state index in [1.807, 2.05) is 30.3 Å². The van der Waals surface area contributed by atoms with Gasteiger partial charge < -0.3 is 20.5 Å². The SMILES string of the molecule is O=C(NCC(CCO)c1ccccc1)C1CNCCO1. The number of hydrogen-bond acceptors (Lipinski definition) is 4. The lowest BCUT2D eigenvalue weighted by Crippen LogP contribution is -2.48. The first-order chi connectivity index (χ1) is 9.81. The van der Waals surface area contributed by atoms with E-state index in [4.69, 9.17) is 9.84 Å². The highest BCUT2D eigenvalue weighted by molar-refractivity contribution is 5.81. The Labute approximate surface area is 119 Å². The van der Waals surface area contributed by atoms with E-state index in [0.29, 0.717) is 26.1 Å². The van der Waals surface area contributed by atoms with Crippen LogP contribution >= 0.6 is 0 Å². The number of morpholine rings is 1. The molecule has 20 heavy (non-hydrogen) atoms. The first kappa shape index (κ1) is 15.0. The molecule has 1 heterocycles. The van der Waals surface area contributed by atoms with Gasteiger partial charge in [-0.05, 0) is 12.0 Å². The Bertz CT molecular complexity index is 405. The zero-order valence-electron chi connectivity index (χ0n) is 11.5. The molecule has 0 aromatic heterocycles. The van der Waals surface area contributed by atoms with Gasteiger partial charge in [0.15, 0.2) is 0 Å². The first-order valence-electron chi connectivity index (χ1n) is 7.07. The Morgan fingerprint density at radius 3 is 2.90 bits per heavy atom. The molecule has 0 saturated carbocycles.